The first kappa shape index (κ1) is 15.2. The maximum absolute atomic E-state index is 12.2. The molecule has 1 unspecified atom stereocenters. The highest BCUT2D eigenvalue weighted by molar-refractivity contribution is 5.76. The number of amides is 1. The first-order valence-electron chi connectivity index (χ1n) is 8.43. The van der Waals surface area contributed by atoms with E-state index in [1.54, 1.807) is 0 Å². The molecule has 0 radical (unpaired) electrons. The average molecular weight is 304 g/mol. The van der Waals surface area contributed by atoms with Crippen LogP contribution < -0.4 is 10.9 Å². The first-order valence-corrected chi connectivity index (χ1v) is 8.43. The predicted octanol–water partition coefficient (Wildman–Crippen LogP) is 2.19. The zero-order valence-corrected chi connectivity index (χ0v) is 13.1. The summed E-state index contributed by atoms with van der Waals surface area (Å²) < 4.78 is 0. The molecule has 0 spiro atoms. The highest BCUT2D eigenvalue weighted by atomic mass is 16.2. The number of aromatic amines is 1. The van der Waals surface area contributed by atoms with Gasteiger partial charge in [-0.2, -0.15) is 0 Å². The smallest absolute Gasteiger partial charge is 0.275 e. The second-order valence-electron chi connectivity index (χ2n) is 6.58. The highest BCUT2D eigenvalue weighted by Crippen LogP contribution is 2.37. The van der Waals surface area contributed by atoms with E-state index in [0.29, 0.717) is 36.2 Å². The lowest BCUT2D eigenvalue weighted by atomic mass is 10.0. The zero-order valence-electron chi connectivity index (χ0n) is 13.1. The van der Waals surface area contributed by atoms with E-state index in [0.717, 1.165) is 25.7 Å². The minimum absolute atomic E-state index is 0.0196. The van der Waals surface area contributed by atoms with Crippen LogP contribution in [-0.4, -0.2) is 21.1 Å². The molecule has 1 atom stereocenters. The van der Waals surface area contributed by atoms with Gasteiger partial charge in [0.25, 0.3) is 5.56 Å². The van der Waals surface area contributed by atoms with Gasteiger partial charge >= 0.3 is 0 Å². The van der Waals surface area contributed by atoms with E-state index >= 15 is 0 Å². The summed E-state index contributed by atoms with van der Waals surface area (Å²) in [5.41, 5.74) is 0.108. The third kappa shape index (κ3) is 3.54. The SMILES string of the molecule is CCC(NC(=O)CC1CCCC1)c1nnc(C2CC2)[nH]c1=O. The normalized spacial score (nSPS) is 20.0. The van der Waals surface area contributed by atoms with Crippen LogP contribution in [-0.2, 0) is 4.79 Å². The van der Waals surface area contributed by atoms with E-state index in [1.165, 1.54) is 12.8 Å². The molecular formula is C16H24N4O2. The summed E-state index contributed by atoms with van der Waals surface area (Å²) in [5, 5.41) is 11.2. The Morgan fingerprint density at radius 1 is 1.27 bits per heavy atom. The van der Waals surface area contributed by atoms with Crippen LogP contribution in [0.15, 0.2) is 4.79 Å². The Kier molecular flexibility index (Phi) is 4.55. The largest absolute Gasteiger partial charge is 0.347 e. The summed E-state index contributed by atoms with van der Waals surface area (Å²) in [4.78, 5) is 27.2. The van der Waals surface area contributed by atoms with Gasteiger partial charge in [0.2, 0.25) is 5.91 Å². The van der Waals surface area contributed by atoms with Gasteiger partial charge in [-0.25, -0.2) is 0 Å². The van der Waals surface area contributed by atoms with Crippen molar-refractivity contribution in [3.63, 3.8) is 0 Å². The molecule has 2 aliphatic rings. The molecule has 0 aliphatic heterocycles. The summed E-state index contributed by atoms with van der Waals surface area (Å²) in [6.07, 6.45) is 8.06. The van der Waals surface area contributed by atoms with Crippen molar-refractivity contribution in [2.45, 2.75) is 70.3 Å². The third-order valence-electron chi connectivity index (χ3n) is 4.73. The van der Waals surface area contributed by atoms with Gasteiger partial charge in [-0.05, 0) is 38.0 Å². The molecule has 2 N–H and O–H groups in total. The summed E-state index contributed by atoms with van der Waals surface area (Å²) in [5.74, 6) is 1.57. The quantitative estimate of drug-likeness (QED) is 0.843. The molecule has 1 amide bonds. The van der Waals surface area contributed by atoms with Gasteiger partial charge in [-0.3, -0.25) is 9.59 Å². The number of carbonyl (C=O) groups excluding carboxylic acids is 1. The Labute approximate surface area is 130 Å². The lowest BCUT2D eigenvalue weighted by molar-refractivity contribution is -0.122. The molecule has 6 nitrogen and oxygen atoms in total. The average Bonchev–Trinajstić information content (AvgIpc) is 3.24. The molecule has 2 saturated carbocycles. The van der Waals surface area contributed by atoms with E-state index in [1.807, 2.05) is 6.92 Å². The van der Waals surface area contributed by atoms with Crippen molar-refractivity contribution >= 4 is 5.91 Å². The zero-order chi connectivity index (χ0) is 15.5. The van der Waals surface area contributed by atoms with Crippen LogP contribution in [0.4, 0.5) is 0 Å². The van der Waals surface area contributed by atoms with Crippen LogP contribution >= 0.6 is 0 Å². The van der Waals surface area contributed by atoms with Crippen molar-refractivity contribution in [1.29, 1.82) is 0 Å². The molecule has 1 aromatic rings. The summed E-state index contributed by atoms with van der Waals surface area (Å²) in [7, 11) is 0. The van der Waals surface area contributed by atoms with Crippen molar-refractivity contribution in [1.82, 2.24) is 20.5 Å². The topological polar surface area (TPSA) is 87.7 Å². The summed E-state index contributed by atoms with van der Waals surface area (Å²) in [6, 6.07) is -0.349. The highest BCUT2D eigenvalue weighted by Gasteiger charge is 2.28. The fourth-order valence-electron chi connectivity index (χ4n) is 3.22. The van der Waals surface area contributed by atoms with Crippen LogP contribution in [0.2, 0.25) is 0 Å². The fraction of sp³-hybridized carbons (Fsp3) is 0.750. The van der Waals surface area contributed by atoms with Gasteiger partial charge < -0.3 is 10.3 Å². The van der Waals surface area contributed by atoms with Gasteiger partial charge in [0.1, 0.15) is 5.82 Å². The third-order valence-corrected chi connectivity index (χ3v) is 4.73. The maximum Gasteiger partial charge on any atom is 0.275 e. The summed E-state index contributed by atoms with van der Waals surface area (Å²) in [6.45, 7) is 1.94. The molecule has 2 aliphatic carbocycles. The monoisotopic (exact) mass is 304 g/mol. The molecule has 2 fully saturated rings. The molecule has 0 aromatic carbocycles. The Hall–Kier alpha value is -1.72. The van der Waals surface area contributed by atoms with E-state index in [2.05, 4.69) is 20.5 Å². The van der Waals surface area contributed by atoms with Crippen molar-refractivity contribution in [3.05, 3.63) is 21.9 Å². The number of carbonyl (C=O) groups is 1. The van der Waals surface area contributed by atoms with E-state index in [4.69, 9.17) is 0 Å². The van der Waals surface area contributed by atoms with Crippen molar-refractivity contribution in [2.24, 2.45) is 5.92 Å². The first-order chi connectivity index (χ1) is 10.7. The van der Waals surface area contributed by atoms with Crippen LogP contribution in [0.5, 0.6) is 0 Å². The maximum atomic E-state index is 12.2. The second-order valence-corrected chi connectivity index (χ2v) is 6.58. The second kappa shape index (κ2) is 6.58. The van der Waals surface area contributed by atoms with Gasteiger partial charge in [-0.1, -0.05) is 19.8 Å². The Morgan fingerprint density at radius 3 is 2.59 bits per heavy atom. The van der Waals surface area contributed by atoms with Crippen LogP contribution in [0, 0.1) is 5.92 Å². The van der Waals surface area contributed by atoms with E-state index < -0.39 is 0 Å². The number of nitrogens with zero attached hydrogens (tertiary/aromatic N) is 2. The number of hydrogen-bond donors (Lipinski definition) is 2. The van der Waals surface area contributed by atoms with E-state index in [9.17, 15) is 9.59 Å². The number of hydrogen-bond acceptors (Lipinski definition) is 4. The molecule has 3 rings (SSSR count). The Balaban J connectivity index is 1.65. The van der Waals surface area contributed by atoms with Crippen molar-refractivity contribution in [2.75, 3.05) is 0 Å². The molecule has 0 bridgehead atoms. The van der Waals surface area contributed by atoms with E-state index in [-0.39, 0.29) is 17.5 Å². The lowest BCUT2D eigenvalue weighted by Gasteiger charge is -2.17. The standard InChI is InChI=1S/C16H24N4O2/c1-2-12(17-13(21)9-10-5-3-4-6-10)14-16(22)18-15(20-19-14)11-7-8-11/h10-12H,2-9H2,1H3,(H,17,21)(H,18,20,22). The van der Waals surface area contributed by atoms with Gasteiger partial charge in [-0.15, -0.1) is 10.2 Å². The minimum Gasteiger partial charge on any atom is -0.347 e. The number of aromatic nitrogens is 3. The van der Waals surface area contributed by atoms with Crippen LogP contribution in [0.25, 0.3) is 0 Å². The molecule has 120 valence electrons. The Morgan fingerprint density at radius 2 is 2.00 bits per heavy atom. The lowest BCUT2D eigenvalue weighted by Crippen LogP contribution is -2.34. The molecular weight excluding hydrogens is 280 g/mol. The fourth-order valence-corrected chi connectivity index (χ4v) is 3.22. The minimum atomic E-state index is -0.349. The molecule has 6 heteroatoms. The van der Waals surface area contributed by atoms with Crippen molar-refractivity contribution < 1.29 is 4.79 Å². The molecule has 0 saturated heterocycles. The van der Waals surface area contributed by atoms with Gasteiger partial charge in [0, 0.05) is 12.3 Å². The predicted molar refractivity (Wildman–Crippen MR) is 82.4 cm³/mol. The summed E-state index contributed by atoms with van der Waals surface area (Å²) >= 11 is 0. The van der Waals surface area contributed by atoms with Gasteiger partial charge in [0.15, 0.2) is 5.69 Å². The van der Waals surface area contributed by atoms with Crippen LogP contribution in [0.3, 0.4) is 0 Å². The number of rotatable bonds is 6. The van der Waals surface area contributed by atoms with Gasteiger partial charge in [0.05, 0.1) is 6.04 Å². The molecule has 1 heterocycles. The molecule has 1 aromatic heterocycles. The Bertz CT molecular complexity index is 588. The number of H-pyrrole nitrogens is 1. The van der Waals surface area contributed by atoms with Crippen LogP contribution in [0.1, 0.15) is 81.8 Å². The van der Waals surface area contributed by atoms with Crippen molar-refractivity contribution in [3.8, 4) is 0 Å². The number of nitrogens with one attached hydrogen (secondary N) is 2. The molecule has 22 heavy (non-hydrogen) atoms.